The average molecular weight is 240 g/mol. The second kappa shape index (κ2) is 9.87. The minimum absolute atomic E-state index is 0.833. The molecule has 2 N–H and O–H groups in total. The monoisotopic (exact) mass is 240 g/mol. The third-order valence-electron chi connectivity index (χ3n) is 2.25. The van der Waals surface area contributed by atoms with Crippen LogP contribution < -0.4 is 0 Å². The van der Waals surface area contributed by atoms with Crippen LogP contribution in [0.3, 0.4) is 0 Å². The predicted octanol–water partition coefficient (Wildman–Crippen LogP) is 3.19. The van der Waals surface area contributed by atoms with Gasteiger partial charge in [0.05, 0.1) is 0 Å². The zero-order chi connectivity index (χ0) is 13.1. The first-order chi connectivity index (χ1) is 8.10. The maximum Gasteiger partial charge on any atom is 0.300 e. The third kappa shape index (κ3) is 9.60. The number of aliphatic carboxylic acids is 1. The van der Waals surface area contributed by atoms with Crippen molar-refractivity contribution in [3.63, 3.8) is 0 Å². The van der Waals surface area contributed by atoms with Crippen molar-refractivity contribution in [3.05, 3.63) is 17.7 Å². The molecule has 0 aliphatic rings. The fourth-order valence-electron chi connectivity index (χ4n) is 1.37. The number of carboxylic acids is 1. The second-order valence-corrected chi connectivity index (χ2v) is 4.08. The van der Waals surface area contributed by atoms with Gasteiger partial charge in [0, 0.05) is 25.2 Å². The molecule has 17 heavy (non-hydrogen) atoms. The van der Waals surface area contributed by atoms with Gasteiger partial charge < -0.3 is 10.1 Å². The van der Waals surface area contributed by atoms with E-state index in [2.05, 4.69) is 23.8 Å². The van der Waals surface area contributed by atoms with E-state index in [4.69, 9.17) is 9.90 Å². The molecule has 4 heteroatoms. The smallest absolute Gasteiger partial charge is 0.300 e. The molecule has 0 aliphatic heterocycles. The zero-order valence-electron chi connectivity index (χ0n) is 11.1. The van der Waals surface area contributed by atoms with Crippen molar-refractivity contribution in [1.29, 1.82) is 0 Å². The first-order valence-electron chi connectivity index (χ1n) is 6.32. The summed E-state index contributed by atoms with van der Waals surface area (Å²) in [5, 5.41) is 7.42. The Morgan fingerprint density at radius 2 is 1.82 bits per heavy atom. The molecule has 0 bridgehead atoms. The number of unbranched alkanes of at least 4 members (excludes halogenated alkanes) is 2. The molecule has 0 saturated heterocycles. The highest BCUT2D eigenvalue weighted by molar-refractivity contribution is 5.62. The Hall–Kier alpha value is -1.32. The average Bonchev–Trinajstić information content (AvgIpc) is 2.70. The maximum absolute atomic E-state index is 9.00. The van der Waals surface area contributed by atoms with E-state index >= 15 is 0 Å². The number of nitrogens with one attached hydrogen (secondary N) is 1. The Morgan fingerprint density at radius 1 is 1.29 bits per heavy atom. The van der Waals surface area contributed by atoms with Crippen LogP contribution in [-0.4, -0.2) is 21.0 Å². The van der Waals surface area contributed by atoms with Gasteiger partial charge in [-0.25, -0.2) is 4.98 Å². The molecule has 1 heterocycles. The van der Waals surface area contributed by atoms with E-state index in [1.165, 1.54) is 31.4 Å². The molecule has 0 unspecified atom stereocenters. The van der Waals surface area contributed by atoms with Crippen LogP contribution in [-0.2, 0) is 17.6 Å². The maximum atomic E-state index is 9.00. The molecule has 0 aromatic carbocycles. The first-order valence-corrected chi connectivity index (χ1v) is 6.32. The molecule has 0 aliphatic carbocycles. The molecule has 1 aromatic heterocycles. The van der Waals surface area contributed by atoms with E-state index in [9.17, 15) is 0 Å². The number of carbonyl (C=O) groups is 1. The largest absolute Gasteiger partial charge is 0.481 e. The molecule has 0 spiro atoms. The van der Waals surface area contributed by atoms with Crippen LogP contribution in [0.25, 0.3) is 0 Å². The van der Waals surface area contributed by atoms with Gasteiger partial charge in [0.2, 0.25) is 0 Å². The molecule has 0 radical (unpaired) electrons. The molecule has 0 saturated carbocycles. The van der Waals surface area contributed by atoms with E-state index < -0.39 is 5.97 Å². The van der Waals surface area contributed by atoms with Crippen LogP contribution in [0, 0.1) is 0 Å². The summed E-state index contributed by atoms with van der Waals surface area (Å²) in [7, 11) is 0. The fraction of sp³-hybridized carbons (Fsp3) is 0.692. The van der Waals surface area contributed by atoms with Crippen molar-refractivity contribution >= 4 is 5.97 Å². The fourth-order valence-corrected chi connectivity index (χ4v) is 1.37. The van der Waals surface area contributed by atoms with Gasteiger partial charge in [-0.05, 0) is 19.3 Å². The molecule has 0 amide bonds. The van der Waals surface area contributed by atoms with E-state index in [0.29, 0.717) is 0 Å². The Kier molecular flexibility index (Phi) is 9.11. The normalized spacial score (nSPS) is 9.59. The number of imidazole rings is 1. The van der Waals surface area contributed by atoms with E-state index in [1.54, 1.807) is 0 Å². The van der Waals surface area contributed by atoms with E-state index in [-0.39, 0.29) is 0 Å². The van der Waals surface area contributed by atoms with Crippen molar-refractivity contribution < 1.29 is 9.90 Å². The minimum atomic E-state index is -0.833. The lowest BCUT2D eigenvalue weighted by molar-refractivity contribution is -0.134. The number of aromatic nitrogens is 2. The summed E-state index contributed by atoms with van der Waals surface area (Å²) in [6, 6.07) is 0. The summed E-state index contributed by atoms with van der Waals surface area (Å²) in [6.07, 6.45) is 9.23. The Balaban J connectivity index is 0.000000557. The standard InChI is InChI=1S/C11H20N2.C2H4O2/c1-3-5-7-10-9-12-11(13-10)8-6-4-2;1-2(3)4/h9H,3-8H2,1-2H3,(H,12,13);1H3,(H,3,4). The van der Waals surface area contributed by atoms with Gasteiger partial charge in [-0.15, -0.1) is 0 Å². The number of hydrogen-bond donors (Lipinski definition) is 2. The Bertz CT molecular complexity index is 282. The van der Waals surface area contributed by atoms with Crippen LogP contribution in [0.4, 0.5) is 0 Å². The quantitative estimate of drug-likeness (QED) is 0.802. The predicted molar refractivity (Wildman–Crippen MR) is 69.1 cm³/mol. The van der Waals surface area contributed by atoms with Crippen molar-refractivity contribution in [2.24, 2.45) is 0 Å². The molecular formula is C13H24N2O2. The number of aromatic amines is 1. The molecule has 0 fully saturated rings. The highest BCUT2D eigenvalue weighted by atomic mass is 16.4. The third-order valence-corrected chi connectivity index (χ3v) is 2.25. The van der Waals surface area contributed by atoms with Gasteiger partial charge >= 0.3 is 0 Å². The van der Waals surface area contributed by atoms with Gasteiger partial charge in [0.15, 0.2) is 0 Å². The lowest BCUT2D eigenvalue weighted by Gasteiger charge is -1.94. The number of hydrogen-bond acceptors (Lipinski definition) is 2. The molecule has 1 rings (SSSR count). The highest BCUT2D eigenvalue weighted by Crippen LogP contribution is 2.05. The summed E-state index contributed by atoms with van der Waals surface area (Å²) in [4.78, 5) is 16.7. The number of rotatable bonds is 6. The van der Waals surface area contributed by atoms with Crippen molar-refractivity contribution in [2.75, 3.05) is 0 Å². The molecule has 98 valence electrons. The summed E-state index contributed by atoms with van der Waals surface area (Å²) in [5.41, 5.74) is 1.30. The van der Waals surface area contributed by atoms with Crippen molar-refractivity contribution in [1.82, 2.24) is 9.97 Å². The molecular weight excluding hydrogens is 216 g/mol. The summed E-state index contributed by atoms with van der Waals surface area (Å²) >= 11 is 0. The Labute approximate surface area is 103 Å². The highest BCUT2D eigenvalue weighted by Gasteiger charge is 1.98. The van der Waals surface area contributed by atoms with E-state index in [0.717, 1.165) is 25.6 Å². The molecule has 4 nitrogen and oxygen atoms in total. The number of nitrogens with zero attached hydrogens (tertiary/aromatic N) is 1. The molecule has 1 aromatic rings. The first kappa shape index (κ1) is 15.7. The minimum Gasteiger partial charge on any atom is -0.481 e. The van der Waals surface area contributed by atoms with Crippen molar-refractivity contribution in [3.8, 4) is 0 Å². The van der Waals surface area contributed by atoms with Crippen LogP contribution in [0.15, 0.2) is 6.20 Å². The number of aryl methyl sites for hydroxylation is 2. The van der Waals surface area contributed by atoms with Crippen LogP contribution in [0.1, 0.15) is 58.0 Å². The van der Waals surface area contributed by atoms with Gasteiger partial charge in [0.25, 0.3) is 5.97 Å². The van der Waals surface area contributed by atoms with Crippen LogP contribution in [0.2, 0.25) is 0 Å². The van der Waals surface area contributed by atoms with Crippen LogP contribution in [0.5, 0.6) is 0 Å². The second-order valence-electron chi connectivity index (χ2n) is 4.08. The Morgan fingerprint density at radius 3 is 2.35 bits per heavy atom. The van der Waals surface area contributed by atoms with Gasteiger partial charge in [-0.2, -0.15) is 0 Å². The van der Waals surface area contributed by atoms with Gasteiger partial charge in [-0.3, -0.25) is 4.79 Å². The van der Waals surface area contributed by atoms with Gasteiger partial charge in [-0.1, -0.05) is 26.7 Å². The summed E-state index contributed by atoms with van der Waals surface area (Å²) in [6.45, 7) is 5.51. The van der Waals surface area contributed by atoms with Crippen molar-refractivity contribution in [2.45, 2.75) is 59.3 Å². The van der Waals surface area contributed by atoms with E-state index in [1.807, 2.05) is 6.20 Å². The van der Waals surface area contributed by atoms with Crippen LogP contribution >= 0.6 is 0 Å². The zero-order valence-corrected chi connectivity index (χ0v) is 11.1. The number of H-pyrrole nitrogens is 1. The topological polar surface area (TPSA) is 66.0 Å². The lowest BCUT2D eigenvalue weighted by Crippen LogP contribution is -1.89. The molecule has 0 atom stereocenters. The summed E-state index contributed by atoms with van der Waals surface area (Å²) in [5.74, 6) is 0.327. The number of carboxylic acid groups (broad SMARTS) is 1. The van der Waals surface area contributed by atoms with Gasteiger partial charge in [0.1, 0.15) is 5.82 Å². The lowest BCUT2D eigenvalue weighted by atomic mass is 10.2. The SMILES string of the molecule is CC(=O)O.CCCCc1cnc(CCCC)[nH]1. The summed E-state index contributed by atoms with van der Waals surface area (Å²) < 4.78 is 0.